The lowest BCUT2D eigenvalue weighted by molar-refractivity contribution is 0.544. The molecular weight excluding hydrogens is 286 g/mol. The maximum Gasteiger partial charge on any atom is 0.347 e. The topological polar surface area (TPSA) is 38.1 Å². The van der Waals surface area contributed by atoms with Gasteiger partial charge in [-0.25, -0.2) is 4.79 Å². The SMILES string of the molecule is CC(C)(C)c1ccn(CCN2CCCc3ccccc32)c(=O)n1. The summed E-state index contributed by atoms with van der Waals surface area (Å²) in [5, 5.41) is 0. The van der Waals surface area contributed by atoms with Gasteiger partial charge in [-0.1, -0.05) is 39.0 Å². The number of hydrogen-bond acceptors (Lipinski definition) is 3. The molecule has 1 aliphatic heterocycles. The van der Waals surface area contributed by atoms with Crippen molar-refractivity contribution in [2.45, 2.75) is 45.6 Å². The highest BCUT2D eigenvalue weighted by Crippen LogP contribution is 2.26. The monoisotopic (exact) mass is 311 g/mol. The first-order valence-electron chi connectivity index (χ1n) is 8.36. The van der Waals surface area contributed by atoms with Gasteiger partial charge in [-0.15, -0.1) is 0 Å². The predicted octanol–water partition coefficient (Wildman–Crippen LogP) is 2.99. The Bertz CT molecular complexity index is 743. The van der Waals surface area contributed by atoms with Crippen molar-refractivity contribution in [1.29, 1.82) is 0 Å². The summed E-state index contributed by atoms with van der Waals surface area (Å²) in [7, 11) is 0. The van der Waals surface area contributed by atoms with Gasteiger partial charge in [0.1, 0.15) is 0 Å². The van der Waals surface area contributed by atoms with Gasteiger partial charge in [0, 0.05) is 36.9 Å². The fourth-order valence-electron chi connectivity index (χ4n) is 3.09. The zero-order valence-electron chi connectivity index (χ0n) is 14.2. The second-order valence-corrected chi connectivity index (χ2v) is 7.26. The summed E-state index contributed by atoms with van der Waals surface area (Å²) in [5.74, 6) is 0. The summed E-state index contributed by atoms with van der Waals surface area (Å²) < 4.78 is 1.71. The summed E-state index contributed by atoms with van der Waals surface area (Å²) in [6, 6.07) is 10.5. The minimum atomic E-state index is -0.150. The molecule has 0 radical (unpaired) electrons. The number of aryl methyl sites for hydroxylation is 1. The predicted molar refractivity (Wildman–Crippen MR) is 94.2 cm³/mol. The molecule has 0 saturated heterocycles. The maximum absolute atomic E-state index is 12.2. The zero-order valence-corrected chi connectivity index (χ0v) is 14.2. The number of aromatic nitrogens is 2. The molecule has 2 aromatic rings. The molecule has 0 amide bonds. The van der Waals surface area contributed by atoms with Crippen molar-refractivity contribution in [2.24, 2.45) is 0 Å². The molecule has 1 aliphatic rings. The van der Waals surface area contributed by atoms with Crippen molar-refractivity contribution in [1.82, 2.24) is 9.55 Å². The highest BCUT2D eigenvalue weighted by molar-refractivity contribution is 5.55. The van der Waals surface area contributed by atoms with Gasteiger partial charge in [-0.2, -0.15) is 4.98 Å². The van der Waals surface area contributed by atoms with Crippen LogP contribution in [-0.2, 0) is 18.4 Å². The van der Waals surface area contributed by atoms with E-state index in [9.17, 15) is 4.79 Å². The van der Waals surface area contributed by atoms with Crippen LogP contribution in [0.15, 0.2) is 41.3 Å². The molecule has 4 heteroatoms. The van der Waals surface area contributed by atoms with Crippen LogP contribution in [0.4, 0.5) is 5.69 Å². The molecule has 1 aromatic heterocycles. The summed E-state index contributed by atoms with van der Waals surface area (Å²) in [6.45, 7) is 8.79. The first kappa shape index (κ1) is 15.8. The van der Waals surface area contributed by atoms with E-state index >= 15 is 0 Å². The fourth-order valence-corrected chi connectivity index (χ4v) is 3.09. The Morgan fingerprint density at radius 1 is 1.13 bits per heavy atom. The second-order valence-electron chi connectivity index (χ2n) is 7.26. The van der Waals surface area contributed by atoms with E-state index in [0.29, 0.717) is 6.54 Å². The third kappa shape index (κ3) is 3.46. The van der Waals surface area contributed by atoms with Gasteiger partial charge >= 0.3 is 5.69 Å². The average Bonchev–Trinajstić information content (AvgIpc) is 2.53. The molecule has 0 fully saturated rings. The molecule has 1 aromatic carbocycles. The van der Waals surface area contributed by atoms with Gasteiger partial charge in [-0.3, -0.25) is 4.57 Å². The standard InChI is InChI=1S/C19H25N3O/c1-19(2,3)17-10-12-22(18(23)20-17)14-13-21-11-6-8-15-7-4-5-9-16(15)21/h4-5,7,9-10,12H,6,8,11,13-14H2,1-3H3. The van der Waals surface area contributed by atoms with Gasteiger partial charge in [0.25, 0.3) is 0 Å². The van der Waals surface area contributed by atoms with Crippen LogP contribution in [0.5, 0.6) is 0 Å². The Balaban J connectivity index is 1.74. The van der Waals surface area contributed by atoms with E-state index in [2.05, 4.69) is 54.9 Å². The lowest BCUT2D eigenvalue weighted by Gasteiger charge is -2.31. The van der Waals surface area contributed by atoms with E-state index in [4.69, 9.17) is 0 Å². The lowest BCUT2D eigenvalue weighted by atomic mass is 9.92. The molecule has 0 unspecified atom stereocenters. The first-order valence-corrected chi connectivity index (χ1v) is 8.36. The molecule has 3 rings (SSSR count). The minimum Gasteiger partial charge on any atom is -0.370 e. The van der Waals surface area contributed by atoms with E-state index in [-0.39, 0.29) is 11.1 Å². The number of fused-ring (bicyclic) bond motifs is 1. The van der Waals surface area contributed by atoms with Crippen molar-refractivity contribution in [3.05, 3.63) is 58.3 Å². The summed E-state index contributed by atoms with van der Waals surface area (Å²) in [5.41, 5.74) is 3.33. The summed E-state index contributed by atoms with van der Waals surface area (Å²) in [4.78, 5) is 18.9. The molecule has 23 heavy (non-hydrogen) atoms. The maximum atomic E-state index is 12.2. The molecule has 122 valence electrons. The molecule has 0 saturated carbocycles. The first-order chi connectivity index (χ1) is 10.9. The summed E-state index contributed by atoms with van der Waals surface area (Å²) >= 11 is 0. The van der Waals surface area contributed by atoms with E-state index in [1.807, 2.05) is 12.3 Å². The van der Waals surface area contributed by atoms with E-state index in [1.54, 1.807) is 4.57 Å². The van der Waals surface area contributed by atoms with Crippen LogP contribution >= 0.6 is 0 Å². The van der Waals surface area contributed by atoms with E-state index in [0.717, 1.165) is 25.2 Å². The number of anilines is 1. The zero-order chi connectivity index (χ0) is 16.4. The molecule has 0 atom stereocenters. The highest BCUT2D eigenvalue weighted by Gasteiger charge is 2.18. The van der Waals surface area contributed by atoms with Crippen molar-refractivity contribution in [3.63, 3.8) is 0 Å². The largest absolute Gasteiger partial charge is 0.370 e. The van der Waals surface area contributed by atoms with Crippen LogP contribution in [0, 0.1) is 0 Å². The van der Waals surface area contributed by atoms with Gasteiger partial charge in [-0.05, 0) is 30.5 Å². The highest BCUT2D eigenvalue weighted by atomic mass is 16.1. The molecular formula is C19H25N3O. The molecule has 0 aliphatic carbocycles. The fraction of sp³-hybridized carbons (Fsp3) is 0.474. The average molecular weight is 311 g/mol. The minimum absolute atomic E-state index is 0.0932. The Morgan fingerprint density at radius 2 is 1.91 bits per heavy atom. The van der Waals surface area contributed by atoms with Crippen LogP contribution in [0.2, 0.25) is 0 Å². The quantitative estimate of drug-likeness (QED) is 0.874. The third-order valence-electron chi connectivity index (χ3n) is 4.46. The van der Waals surface area contributed by atoms with Crippen molar-refractivity contribution in [3.8, 4) is 0 Å². The van der Waals surface area contributed by atoms with E-state index in [1.165, 1.54) is 17.7 Å². The Kier molecular flexibility index (Phi) is 4.24. The summed E-state index contributed by atoms with van der Waals surface area (Å²) in [6.07, 6.45) is 4.20. The van der Waals surface area contributed by atoms with Crippen LogP contribution in [0.25, 0.3) is 0 Å². The Hall–Kier alpha value is -2.10. The van der Waals surface area contributed by atoms with Crippen molar-refractivity contribution in [2.75, 3.05) is 18.0 Å². The molecule has 2 heterocycles. The molecule has 0 N–H and O–H groups in total. The van der Waals surface area contributed by atoms with Crippen LogP contribution in [0.3, 0.4) is 0 Å². The van der Waals surface area contributed by atoms with Crippen LogP contribution in [0.1, 0.15) is 38.4 Å². The number of hydrogen-bond donors (Lipinski definition) is 0. The van der Waals surface area contributed by atoms with Gasteiger partial charge < -0.3 is 4.90 Å². The van der Waals surface area contributed by atoms with Crippen LogP contribution in [-0.4, -0.2) is 22.6 Å². The Morgan fingerprint density at radius 3 is 2.65 bits per heavy atom. The van der Waals surface area contributed by atoms with Crippen LogP contribution < -0.4 is 10.6 Å². The molecule has 0 bridgehead atoms. The lowest BCUT2D eigenvalue weighted by Crippen LogP contribution is -2.35. The van der Waals surface area contributed by atoms with Gasteiger partial charge in [0.05, 0.1) is 5.69 Å². The van der Waals surface area contributed by atoms with Crippen molar-refractivity contribution >= 4 is 5.69 Å². The number of rotatable bonds is 3. The normalized spacial score (nSPS) is 14.7. The number of para-hydroxylation sites is 1. The smallest absolute Gasteiger partial charge is 0.347 e. The Labute approximate surface area is 137 Å². The second kappa shape index (κ2) is 6.19. The number of nitrogens with zero attached hydrogens (tertiary/aromatic N) is 3. The van der Waals surface area contributed by atoms with Gasteiger partial charge in [0.2, 0.25) is 0 Å². The third-order valence-corrected chi connectivity index (χ3v) is 4.46. The molecule has 0 spiro atoms. The van der Waals surface area contributed by atoms with E-state index < -0.39 is 0 Å². The van der Waals surface area contributed by atoms with Crippen molar-refractivity contribution < 1.29 is 0 Å². The van der Waals surface area contributed by atoms with Gasteiger partial charge in [0.15, 0.2) is 0 Å². The molecule has 4 nitrogen and oxygen atoms in total. The number of benzene rings is 1.